The largest absolute Gasteiger partial charge is 0.466 e. The van der Waals surface area contributed by atoms with E-state index in [4.69, 9.17) is 4.74 Å². The predicted octanol–water partition coefficient (Wildman–Crippen LogP) is 5.63. The Morgan fingerprint density at radius 1 is 0.842 bits per heavy atom. The van der Waals surface area contributed by atoms with E-state index in [-0.39, 0.29) is 5.97 Å². The van der Waals surface area contributed by atoms with Gasteiger partial charge in [0.15, 0.2) is 0 Å². The van der Waals surface area contributed by atoms with Crippen molar-refractivity contribution in [2.75, 3.05) is 11.9 Å². The van der Waals surface area contributed by atoms with Crippen molar-refractivity contribution in [3.8, 4) is 0 Å². The second kappa shape index (κ2) is 16.0. The molecule has 0 fully saturated rings. The summed E-state index contributed by atoms with van der Waals surface area (Å²) < 4.78 is 5.19. The fourth-order valence-corrected chi connectivity index (χ4v) is 2.43. The SMILES string of the molecule is CCCCCCCCCCC(=O)OCCCCCBr. The summed E-state index contributed by atoms with van der Waals surface area (Å²) in [4.78, 5) is 11.4. The van der Waals surface area contributed by atoms with Crippen LogP contribution in [0.25, 0.3) is 0 Å². The number of rotatable bonds is 14. The van der Waals surface area contributed by atoms with Crippen LogP contribution in [-0.2, 0) is 9.53 Å². The molecule has 0 bridgehead atoms. The lowest BCUT2D eigenvalue weighted by atomic mass is 10.1. The summed E-state index contributed by atoms with van der Waals surface area (Å²) >= 11 is 3.39. The molecule has 0 unspecified atom stereocenters. The van der Waals surface area contributed by atoms with Crippen LogP contribution in [0.1, 0.15) is 84.0 Å². The van der Waals surface area contributed by atoms with Gasteiger partial charge in [0.25, 0.3) is 0 Å². The highest BCUT2D eigenvalue weighted by Gasteiger charge is 2.02. The van der Waals surface area contributed by atoms with Gasteiger partial charge in [-0.25, -0.2) is 0 Å². The van der Waals surface area contributed by atoms with E-state index in [0.717, 1.165) is 31.0 Å². The van der Waals surface area contributed by atoms with Gasteiger partial charge >= 0.3 is 5.97 Å². The van der Waals surface area contributed by atoms with Gasteiger partial charge in [-0.15, -0.1) is 0 Å². The predicted molar refractivity (Wildman–Crippen MR) is 85.8 cm³/mol. The van der Waals surface area contributed by atoms with Crippen molar-refractivity contribution in [1.82, 2.24) is 0 Å². The van der Waals surface area contributed by atoms with Crippen LogP contribution < -0.4 is 0 Å². The first kappa shape index (κ1) is 18.9. The smallest absolute Gasteiger partial charge is 0.305 e. The van der Waals surface area contributed by atoms with Crippen LogP contribution >= 0.6 is 15.9 Å². The molecule has 0 aliphatic rings. The number of carbonyl (C=O) groups is 1. The molecule has 0 rings (SSSR count). The Balaban J connectivity index is 3.12. The standard InChI is InChI=1S/C16H31BrO2/c1-2-3-4-5-6-7-8-10-13-16(18)19-15-12-9-11-14-17/h2-15H2,1H3. The lowest BCUT2D eigenvalue weighted by molar-refractivity contribution is -0.143. The molecule has 0 aromatic heterocycles. The molecule has 0 saturated carbocycles. The maximum absolute atomic E-state index is 11.4. The van der Waals surface area contributed by atoms with E-state index < -0.39 is 0 Å². The Kier molecular flexibility index (Phi) is 16.0. The summed E-state index contributed by atoms with van der Waals surface area (Å²) in [5.74, 6) is -0.00942. The van der Waals surface area contributed by atoms with E-state index in [0.29, 0.717) is 13.0 Å². The molecule has 0 saturated heterocycles. The topological polar surface area (TPSA) is 26.3 Å². The van der Waals surface area contributed by atoms with Crippen LogP contribution in [-0.4, -0.2) is 17.9 Å². The number of hydrogen-bond donors (Lipinski definition) is 0. The Morgan fingerprint density at radius 3 is 2.05 bits per heavy atom. The van der Waals surface area contributed by atoms with E-state index in [1.807, 2.05) is 0 Å². The molecule has 0 amide bonds. The van der Waals surface area contributed by atoms with Gasteiger partial charge in [-0.2, -0.15) is 0 Å². The summed E-state index contributed by atoms with van der Waals surface area (Å²) in [5.41, 5.74) is 0. The van der Waals surface area contributed by atoms with E-state index >= 15 is 0 Å². The zero-order chi connectivity index (χ0) is 14.2. The van der Waals surface area contributed by atoms with E-state index in [9.17, 15) is 4.79 Å². The first-order chi connectivity index (χ1) is 9.31. The minimum Gasteiger partial charge on any atom is -0.466 e. The fraction of sp³-hybridized carbons (Fsp3) is 0.938. The first-order valence-corrected chi connectivity index (χ1v) is 9.15. The molecule has 0 spiro atoms. The van der Waals surface area contributed by atoms with Gasteiger partial charge in [-0.3, -0.25) is 4.79 Å². The van der Waals surface area contributed by atoms with Crippen LogP contribution in [0.4, 0.5) is 0 Å². The highest BCUT2D eigenvalue weighted by Crippen LogP contribution is 2.10. The lowest BCUT2D eigenvalue weighted by Crippen LogP contribution is -2.05. The second-order valence-electron chi connectivity index (χ2n) is 5.19. The van der Waals surface area contributed by atoms with Crippen LogP contribution in [0.5, 0.6) is 0 Å². The zero-order valence-corrected chi connectivity index (χ0v) is 14.2. The van der Waals surface area contributed by atoms with Crippen LogP contribution in [0, 0.1) is 0 Å². The molecular formula is C16H31BrO2. The lowest BCUT2D eigenvalue weighted by Gasteiger charge is -2.04. The maximum atomic E-state index is 11.4. The minimum atomic E-state index is -0.00942. The molecule has 0 N–H and O–H groups in total. The molecule has 19 heavy (non-hydrogen) atoms. The summed E-state index contributed by atoms with van der Waals surface area (Å²) in [6.07, 6.45) is 14.0. The average molecular weight is 335 g/mol. The minimum absolute atomic E-state index is 0.00942. The second-order valence-corrected chi connectivity index (χ2v) is 5.99. The molecule has 0 atom stereocenters. The molecule has 0 aromatic carbocycles. The molecule has 2 nitrogen and oxygen atoms in total. The Bertz CT molecular complexity index is 195. The van der Waals surface area contributed by atoms with Gasteiger partial charge in [-0.1, -0.05) is 67.8 Å². The van der Waals surface area contributed by atoms with Crippen molar-refractivity contribution >= 4 is 21.9 Å². The maximum Gasteiger partial charge on any atom is 0.305 e. The Labute approximate surface area is 127 Å². The van der Waals surface area contributed by atoms with Gasteiger partial charge in [-0.05, 0) is 25.7 Å². The van der Waals surface area contributed by atoms with Gasteiger partial charge in [0, 0.05) is 11.8 Å². The van der Waals surface area contributed by atoms with E-state index in [2.05, 4.69) is 22.9 Å². The molecule has 0 heterocycles. The third kappa shape index (κ3) is 15.9. The molecule has 0 aliphatic carbocycles. The monoisotopic (exact) mass is 334 g/mol. The van der Waals surface area contributed by atoms with Crippen molar-refractivity contribution in [2.45, 2.75) is 84.0 Å². The summed E-state index contributed by atoms with van der Waals surface area (Å²) in [6.45, 7) is 2.84. The third-order valence-corrected chi connectivity index (χ3v) is 3.84. The van der Waals surface area contributed by atoms with Crippen LogP contribution in [0.15, 0.2) is 0 Å². The van der Waals surface area contributed by atoms with Crippen LogP contribution in [0.3, 0.4) is 0 Å². The number of hydrogen-bond acceptors (Lipinski definition) is 2. The van der Waals surface area contributed by atoms with Gasteiger partial charge in [0.1, 0.15) is 0 Å². The summed E-state index contributed by atoms with van der Waals surface area (Å²) in [6, 6.07) is 0. The highest BCUT2D eigenvalue weighted by atomic mass is 79.9. The van der Waals surface area contributed by atoms with Crippen molar-refractivity contribution in [2.24, 2.45) is 0 Å². The third-order valence-electron chi connectivity index (χ3n) is 3.28. The highest BCUT2D eigenvalue weighted by molar-refractivity contribution is 9.09. The van der Waals surface area contributed by atoms with E-state index in [1.54, 1.807) is 0 Å². The zero-order valence-electron chi connectivity index (χ0n) is 12.6. The average Bonchev–Trinajstić information content (AvgIpc) is 2.41. The number of halogens is 1. The van der Waals surface area contributed by atoms with Gasteiger partial charge in [0.05, 0.1) is 6.61 Å². The fourth-order valence-electron chi connectivity index (χ4n) is 2.03. The quantitative estimate of drug-likeness (QED) is 0.234. The number of unbranched alkanes of at least 4 members (excludes halogenated alkanes) is 9. The molecule has 0 aliphatic heterocycles. The molecule has 0 aromatic rings. The number of carbonyl (C=O) groups excluding carboxylic acids is 1. The molecule has 114 valence electrons. The van der Waals surface area contributed by atoms with Gasteiger partial charge in [0.2, 0.25) is 0 Å². The molecule has 0 radical (unpaired) electrons. The first-order valence-electron chi connectivity index (χ1n) is 8.02. The molecule has 3 heteroatoms. The van der Waals surface area contributed by atoms with Crippen LogP contribution in [0.2, 0.25) is 0 Å². The number of ether oxygens (including phenoxy) is 1. The summed E-state index contributed by atoms with van der Waals surface area (Å²) in [7, 11) is 0. The van der Waals surface area contributed by atoms with Crippen molar-refractivity contribution in [3.63, 3.8) is 0 Å². The number of alkyl halides is 1. The Hall–Kier alpha value is -0.0500. The van der Waals surface area contributed by atoms with Crippen molar-refractivity contribution < 1.29 is 9.53 Å². The molecular weight excluding hydrogens is 304 g/mol. The van der Waals surface area contributed by atoms with E-state index in [1.165, 1.54) is 44.9 Å². The van der Waals surface area contributed by atoms with Crippen molar-refractivity contribution in [3.05, 3.63) is 0 Å². The summed E-state index contributed by atoms with van der Waals surface area (Å²) in [5, 5.41) is 1.04. The van der Waals surface area contributed by atoms with Crippen molar-refractivity contribution in [1.29, 1.82) is 0 Å². The Morgan fingerprint density at radius 2 is 1.42 bits per heavy atom. The van der Waals surface area contributed by atoms with Gasteiger partial charge < -0.3 is 4.74 Å². The number of esters is 1. The normalized spacial score (nSPS) is 10.6.